The van der Waals surface area contributed by atoms with Gasteiger partial charge in [-0.05, 0) is 23.3 Å². The fourth-order valence-corrected chi connectivity index (χ4v) is 3.49. The molecule has 3 rings (SSSR count). The summed E-state index contributed by atoms with van der Waals surface area (Å²) in [6.45, 7) is 4.60. The van der Waals surface area contributed by atoms with Crippen molar-refractivity contribution in [3.05, 3.63) is 75.8 Å². The molecule has 1 fully saturated rings. The van der Waals surface area contributed by atoms with Crippen LogP contribution in [0.2, 0.25) is 5.02 Å². The van der Waals surface area contributed by atoms with Crippen LogP contribution in [0.3, 0.4) is 0 Å². The number of benzene rings is 2. The van der Waals surface area contributed by atoms with E-state index in [9.17, 15) is 4.79 Å². The highest BCUT2D eigenvalue weighted by Crippen LogP contribution is 2.17. The first-order valence-electron chi connectivity index (χ1n) is 9.52. The maximum atomic E-state index is 12.1. The third kappa shape index (κ3) is 7.29. The maximum Gasteiger partial charge on any atom is 0.254 e. The average molecular weight is 431 g/mol. The lowest BCUT2D eigenvalue weighted by Gasteiger charge is -2.34. The van der Waals surface area contributed by atoms with Crippen LogP contribution in [0.1, 0.15) is 11.1 Å². The summed E-state index contributed by atoms with van der Waals surface area (Å²) in [5.41, 5.74) is 4.65. The molecule has 1 saturated heterocycles. The Labute approximate surface area is 181 Å². The summed E-state index contributed by atoms with van der Waals surface area (Å²) in [6.07, 6.45) is 3.23. The van der Waals surface area contributed by atoms with Crippen LogP contribution < -0.4 is 5.43 Å². The van der Waals surface area contributed by atoms with Crippen molar-refractivity contribution in [1.29, 1.82) is 0 Å². The van der Waals surface area contributed by atoms with Gasteiger partial charge in [-0.3, -0.25) is 14.6 Å². The minimum Gasteiger partial charge on any atom is -0.296 e. The number of carbonyl (C=O) groups excluding carboxylic acids is 1. The summed E-state index contributed by atoms with van der Waals surface area (Å²) in [7, 11) is 0. The summed E-state index contributed by atoms with van der Waals surface area (Å²) in [4.78, 5) is 16.6. The molecular weight excluding hydrogens is 407 g/mol. The standard InChI is InChI=1S/C22H24Cl2N4O/c23-20(14-18-6-2-1-3-7-18)15-25-26-22(29)17-28-12-10-27(11-13-28)16-19-8-4-5-9-21(19)24/h1-9,14-15H,10-13,16-17H2,(H,26,29)/b20-14-,25-15+. The van der Waals surface area contributed by atoms with Crippen molar-refractivity contribution in [2.24, 2.45) is 5.10 Å². The molecule has 7 heteroatoms. The quantitative estimate of drug-likeness (QED) is 0.536. The van der Waals surface area contributed by atoms with Crippen molar-refractivity contribution in [1.82, 2.24) is 15.2 Å². The van der Waals surface area contributed by atoms with Gasteiger partial charge in [0.05, 0.1) is 17.8 Å². The number of halogens is 2. The largest absolute Gasteiger partial charge is 0.296 e. The molecule has 2 aromatic rings. The van der Waals surface area contributed by atoms with E-state index in [0.717, 1.165) is 48.9 Å². The average Bonchev–Trinajstić information content (AvgIpc) is 2.72. The molecule has 1 aliphatic rings. The zero-order chi connectivity index (χ0) is 20.5. The topological polar surface area (TPSA) is 47.9 Å². The normalized spacial score (nSPS) is 16.3. The highest BCUT2D eigenvalue weighted by Gasteiger charge is 2.19. The molecule has 0 saturated carbocycles. The first kappa shape index (κ1) is 21.5. The van der Waals surface area contributed by atoms with E-state index in [1.807, 2.05) is 48.5 Å². The molecule has 0 atom stereocenters. The van der Waals surface area contributed by atoms with Crippen molar-refractivity contribution in [3.63, 3.8) is 0 Å². The van der Waals surface area contributed by atoms with E-state index in [1.54, 1.807) is 6.08 Å². The Morgan fingerprint density at radius 2 is 1.66 bits per heavy atom. The molecule has 152 valence electrons. The zero-order valence-corrected chi connectivity index (χ0v) is 17.6. The Hall–Kier alpha value is -2.18. The number of rotatable bonds is 7. The van der Waals surface area contributed by atoms with Crippen molar-refractivity contribution >= 4 is 41.4 Å². The van der Waals surface area contributed by atoms with Crippen LogP contribution in [0, 0.1) is 0 Å². The molecule has 0 aliphatic carbocycles. The predicted molar refractivity (Wildman–Crippen MR) is 120 cm³/mol. The van der Waals surface area contributed by atoms with E-state index in [0.29, 0.717) is 11.6 Å². The lowest BCUT2D eigenvalue weighted by Crippen LogP contribution is -2.48. The van der Waals surface area contributed by atoms with E-state index in [-0.39, 0.29) is 5.91 Å². The summed E-state index contributed by atoms with van der Waals surface area (Å²) >= 11 is 12.4. The number of amides is 1. The fraction of sp³-hybridized carbons (Fsp3) is 0.273. The maximum absolute atomic E-state index is 12.1. The molecule has 0 unspecified atom stereocenters. The van der Waals surface area contributed by atoms with Gasteiger partial charge in [-0.2, -0.15) is 5.10 Å². The zero-order valence-electron chi connectivity index (χ0n) is 16.1. The molecule has 2 aromatic carbocycles. The van der Waals surface area contributed by atoms with Gasteiger partial charge in [0.15, 0.2) is 0 Å². The molecule has 0 bridgehead atoms. The van der Waals surface area contributed by atoms with Crippen LogP contribution in [-0.4, -0.2) is 54.6 Å². The third-order valence-corrected chi connectivity index (χ3v) is 5.24. The van der Waals surface area contributed by atoms with Gasteiger partial charge in [-0.15, -0.1) is 0 Å². The molecule has 0 aromatic heterocycles. The number of nitrogens with one attached hydrogen (secondary N) is 1. The number of hydrazone groups is 1. The number of allylic oxidation sites excluding steroid dienone is 1. The highest BCUT2D eigenvalue weighted by atomic mass is 35.5. The number of hydrogen-bond acceptors (Lipinski definition) is 4. The summed E-state index contributed by atoms with van der Waals surface area (Å²) in [5.74, 6) is -0.148. The number of hydrogen-bond donors (Lipinski definition) is 1. The van der Waals surface area contributed by atoms with Crippen molar-refractivity contribution in [2.75, 3.05) is 32.7 Å². The number of nitrogens with zero attached hydrogens (tertiary/aromatic N) is 3. The Morgan fingerprint density at radius 3 is 2.38 bits per heavy atom. The second-order valence-corrected chi connectivity index (χ2v) is 7.72. The molecule has 0 radical (unpaired) electrons. The van der Waals surface area contributed by atoms with E-state index in [2.05, 4.69) is 26.4 Å². The van der Waals surface area contributed by atoms with Gasteiger partial charge in [-0.1, -0.05) is 71.7 Å². The van der Waals surface area contributed by atoms with Gasteiger partial charge >= 0.3 is 0 Å². The van der Waals surface area contributed by atoms with Crippen LogP contribution >= 0.6 is 23.2 Å². The summed E-state index contributed by atoms with van der Waals surface area (Å²) < 4.78 is 0. The van der Waals surface area contributed by atoms with E-state index in [4.69, 9.17) is 23.2 Å². The van der Waals surface area contributed by atoms with E-state index in [1.165, 1.54) is 6.21 Å². The molecule has 5 nitrogen and oxygen atoms in total. The van der Waals surface area contributed by atoms with E-state index >= 15 is 0 Å². The van der Waals surface area contributed by atoms with Gasteiger partial charge in [0, 0.05) is 37.7 Å². The van der Waals surface area contributed by atoms with Gasteiger partial charge in [0.25, 0.3) is 5.91 Å². The highest BCUT2D eigenvalue weighted by molar-refractivity contribution is 6.41. The minimum absolute atomic E-state index is 0.148. The second kappa shape index (κ2) is 11.1. The fourth-order valence-electron chi connectivity index (χ4n) is 3.12. The third-order valence-electron chi connectivity index (χ3n) is 4.67. The van der Waals surface area contributed by atoms with Crippen molar-refractivity contribution in [2.45, 2.75) is 6.54 Å². The van der Waals surface area contributed by atoms with Gasteiger partial charge in [0.2, 0.25) is 0 Å². The minimum atomic E-state index is -0.148. The van der Waals surface area contributed by atoms with Gasteiger partial charge in [0.1, 0.15) is 0 Å². The lowest BCUT2D eigenvalue weighted by molar-refractivity contribution is -0.122. The van der Waals surface area contributed by atoms with E-state index < -0.39 is 0 Å². The van der Waals surface area contributed by atoms with Gasteiger partial charge < -0.3 is 0 Å². The molecule has 1 amide bonds. The van der Waals surface area contributed by atoms with Crippen LogP contribution in [0.15, 0.2) is 64.7 Å². The summed E-state index contributed by atoms with van der Waals surface area (Å²) in [6, 6.07) is 17.6. The van der Waals surface area contributed by atoms with Crippen LogP contribution in [0.5, 0.6) is 0 Å². The van der Waals surface area contributed by atoms with Crippen molar-refractivity contribution in [3.8, 4) is 0 Å². The molecular formula is C22H24Cl2N4O. The molecule has 29 heavy (non-hydrogen) atoms. The molecule has 1 heterocycles. The Kier molecular flexibility index (Phi) is 8.25. The van der Waals surface area contributed by atoms with Crippen LogP contribution in [0.25, 0.3) is 6.08 Å². The smallest absolute Gasteiger partial charge is 0.254 e. The summed E-state index contributed by atoms with van der Waals surface area (Å²) in [5, 5.41) is 5.18. The Bertz CT molecular complexity index is 862. The monoisotopic (exact) mass is 430 g/mol. The first-order chi connectivity index (χ1) is 14.1. The second-order valence-electron chi connectivity index (χ2n) is 6.88. The Morgan fingerprint density at radius 1 is 1.00 bits per heavy atom. The van der Waals surface area contributed by atoms with Crippen LogP contribution in [-0.2, 0) is 11.3 Å². The molecule has 1 N–H and O–H groups in total. The number of piperazine rings is 1. The lowest BCUT2D eigenvalue weighted by atomic mass is 10.2. The number of carbonyl (C=O) groups is 1. The van der Waals surface area contributed by atoms with Crippen molar-refractivity contribution < 1.29 is 4.79 Å². The Balaban J connectivity index is 1.38. The van der Waals surface area contributed by atoms with Gasteiger partial charge in [-0.25, -0.2) is 5.43 Å². The first-order valence-corrected chi connectivity index (χ1v) is 10.3. The molecule has 0 spiro atoms. The predicted octanol–water partition coefficient (Wildman–Crippen LogP) is 3.84. The SMILES string of the molecule is O=C(CN1CCN(Cc2ccccc2Cl)CC1)N/N=C/C(Cl)=C/c1ccccc1. The van der Waals surface area contributed by atoms with Crippen LogP contribution in [0.4, 0.5) is 0 Å². The molecule has 1 aliphatic heterocycles.